The van der Waals surface area contributed by atoms with Gasteiger partial charge in [-0.05, 0) is 48.0 Å². The maximum Gasteiger partial charge on any atom is 0.337 e. The summed E-state index contributed by atoms with van der Waals surface area (Å²) >= 11 is 0. The van der Waals surface area contributed by atoms with Gasteiger partial charge in [0.15, 0.2) is 11.3 Å². The standard InChI is InChI=1S/C27H20O7/c1-30-23-5-3-4-18-12-24(34-26(18)23)21-14-25(28)33-22-11-10-19(13-20(21)22)32-15-16-6-8-17(9-7-16)27(29)31-2/h3-14H,15H2,1-2H3. The number of ether oxygens (including phenoxy) is 3. The number of hydrogen-bond acceptors (Lipinski definition) is 7. The lowest BCUT2D eigenvalue weighted by atomic mass is 10.1. The Labute approximate surface area is 194 Å². The van der Waals surface area contributed by atoms with Crippen LogP contribution in [0, 0.1) is 0 Å². The number of esters is 1. The highest BCUT2D eigenvalue weighted by Gasteiger charge is 2.15. The molecule has 2 aromatic heterocycles. The molecule has 3 aromatic carbocycles. The van der Waals surface area contributed by atoms with E-state index in [1.807, 2.05) is 24.3 Å². The molecular formula is C27H20O7. The fraction of sp³-hybridized carbons (Fsp3) is 0.111. The Morgan fingerprint density at radius 3 is 2.50 bits per heavy atom. The second kappa shape index (κ2) is 8.78. The fourth-order valence-electron chi connectivity index (χ4n) is 3.79. The van der Waals surface area contributed by atoms with E-state index in [2.05, 4.69) is 0 Å². The van der Waals surface area contributed by atoms with Gasteiger partial charge in [0.05, 0.1) is 19.8 Å². The zero-order valence-corrected chi connectivity index (χ0v) is 18.5. The molecule has 0 bridgehead atoms. The number of benzene rings is 3. The van der Waals surface area contributed by atoms with Crippen LogP contribution < -0.4 is 15.1 Å². The van der Waals surface area contributed by atoms with E-state index < -0.39 is 5.63 Å². The Balaban J connectivity index is 1.48. The van der Waals surface area contributed by atoms with E-state index in [0.717, 1.165) is 10.9 Å². The summed E-state index contributed by atoms with van der Waals surface area (Å²) in [4.78, 5) is 23.8. The van der Waals surface area contributed by atoms with Crippen molar-refractivity contribution in [2.45, 2.75) is 6.61 Å². The van der Waals surface area contributed by atoms with Crippen LogP contribution in [0.5, 0.6) is 11.5 Å². The van der Waals surface area contributed by atoms with Gasteiger partial charge in [0, 0.05) is 22.4 Å². The van der Waals surface area contributed by atoms with Crippen molar-refractivity contribution in [1.29, 1.82) is 0 Å². The van der Waals surface area contributed by atoms with Crippen LogP contribution in [-0.2, 0) is 11.3 Å². The molecule has 5 aromatic rings. The molecule has 0 amide bonds. The average molecular weight is 456 g/mol. The number of furan rings is 1. The molecule has 7 nitrogen and oxygen atoms in total. The van der Waals surface area contributed by atoms with Crippen LogP contribution >= 0.6 is 0 Å². The lowest BCUT2D eigenvalue weighted by molar-refractivity contribution is 0.0600. The molecule has 0 N–H and O–H groups in total. The smallest absolute Gasteiger partial charge is 0.337 e. The number of hydrogen-bond donors (Lipinski definition) is 0. The van der Waals surface area contributed by atoms with Crippen LogP contribution in [0.15, 0.2) is 86.4 Å². The molecule has 2 heterocycles. The van der Waals surface area contributed by atoms with Gasteiger partial charge in [-0.15, -0.1) is 0 Å². The van der Waals surface area contributed by atoms with Crippen molar-refractivity contribution in [2.24, 2.45) is 0 Å². The van der Waals surface area contributed by atoms with Crippen LogP contribution in [0.25, 0.3) is 33.3 Å². The van der Waals surface area contributed by atoms with Crippen molar-refractivity contribution in [1.82, 2.24) is 0 Å². The Hall–Kier alpha value is -4.52. The van der Waals surface area contributed by atoms with E-state index in [1.54, 1.807) is 49.6 Å². The highest BCUT2D eigenvalue weighted by molar-refractivity contribution is 5.96. The maximum atomic E-state index is 12.2. The summed E-state index contributed by atoms with van der Waals surface area (Å²) in [5.41, 5.74) is 2.50. The second-order valence-corrected chi connectivity index (χ2v) is 7.60. The summed E-state index contributed by atoms with van der Waals surface area (Å²) in [5.74, 6) is 1.33. The number of para-hydroxylation sites is 1. The predicted octanol–water partition coefficient (Wildman–Crippen LogP) is 5.58. The average Bonchev–Trinajstić information content (AvgIpc) is 3.31. The lowest BCUT2D eigenvalue weighted by Gasteiger charge is -2.09. The van der Waals surface area contributed by atoms with Gasteiger partial charge in [-0.3, -0.25) is 0 Å². The topological polar surface area (TPSA) is 88.1 Å². The Bertz CT molecular complexity index is 1560. The van der Waals surface area contributed by atoms with Gasteiger partial charge in [0.25, 0.3) is 0 Å². The first-order valence-electron chi connectivity index (χ1n) is 10.5. The minimum absolute atomic E-state index is 0.293. The zero-order valence-electron chi connectivity index (χ0n) is 18.5. The third kappa shape index (κ3) is 3.99. The van der Waals surface area contributed by atoms with Gasteiger partial charge in [0.2, 0.25) is 0 Å². The van der Waals surface area contributed by atoms with Gasteiger partial charge in [-0.25, -0.2) is 9.59 Å². The molecular weight excluding hydrogens is 436 g/mol. The number of carbonyl (C=O) groups is 1. The van der Waals surface area contributed by atoms with Crippen LogP contribution in [0.1, 0.15) is 15.9 Å². The third-order valence-corrected chi connectivity index (χ3v) is 5.49. The van der Waals surface area contributed by atoms with Gasteiger partial charge in [-0.1, -0.05) is 24.3 Å². The fourth-order valence-corrected chi connectivity index (χ4v) is 3.79. The minimum atomic E-state index is -0.478. The largest absolute Gasteiger partial charge is 0.493 e. The third-order valence-electron chi connectivity index (χ3n) is 5.49. The van der Waals surface area contributed by atoms with Gasteiger partial charge in [-0.2, -0.15) is 0 Å². The summed E-state index contributed by atoms with van der Waals surface area (Å²) in [5, 5.41) is 1.54. The minimum Gasteiger partial charge on any atom is -0.493 e. The summed E-state index contributed by atoms with van der Waals surface area (Å²) in [6.07, 6.45) is 0. The van der Waals surface area contributed by atoms with E-state index in [9.17, 15) is 9.59 Å². The van der Waals surface area contributed by atoms with E-state index in [1.165, 1.54) is 13.2 Å². The molecule has 34 heavy (non-hydrogen) atoms. The van der Waals surface area contributed by atoms with E-state index >= 15 is 0 Å². The summed E-state index contributed by atoms with van der Waals surface area (Å²) in [6.45, 7) is 0.293. The molecule has 0 aliphatic rings. The molecule has 0 radical (unpaired) electrons. The number of carbonyl (C=O) groups excluding carboxylic acids is 1. The van der Waals surface area contributed by atoms with Crippen molar-refractivity contribution >= 4 is 27.9 Å². The highest BCUT2D eigenvalue weighted by Crippen LogP contribution is 2.36. The summed E-state index contributed by atoms with van der Waals surface area (Å²) < 4.78 is 27.5. The van der Waals surface area contributed by atoms with Gasteiger partial charge < -0.3 is 23.0 Å². The van der Waals surface area contributed by atoms with Crippen molar-refractivity contribution in [3.05, 3.63) is 94.3 Å². The zero-order chi connectivity index (χ0) is 23.7. The first kappa shape index (κ1) is 21.3. The van der Waals surface area contributed by atoms with Gasteiger partial charge >= 0.3 is 11.6 Å². The monoisotopic (exact) mass is 456 g/mol. The molecule has 0 fully saturated rings. The Morgan fingerprint density at radius 1 is 0.912 bits per heavy atom. The van der Waals surface area contributed by atoms with Crippen molar-refractivity contribution in [2.75, 3.05) is 14.2 Å². The van der Waals surface area contributed by atoms with Crippen LogP contribution in [-0.4, -0.2) is 20.2 Å². The van der Waals surface area contributed by atoms with Crippen LogP contribution in [0.3, 0.4) is 0 Å². The Kier molecular flexibility index (Phi) is 5.51. The number of fused-ring (bicyclic) bond motifs is 2. The van der Waals surface area contributed by atoms with Crippen molar-refractivity contribution in [3.63, 3.8) is 0 Å². The molecule has 7 heteroatoms. The van der Waals surface area contributed by atoms with Crippen LogP contribution in [0.2, 0.25) is 0 Å². The number of rotatable bonds is 6. The summed E-state index contributed by atoms with van der Waals surface area (Å²) in [7, 11) is 2.92. The van der Waals surface area contributed by atoms with E-state index in [4.69, 9.17) is 23.0 Å². The van der Waals surface area contributed by atoms with E-state index in [-0.39, 0.29) is 5.97 Å². The first-order valence-corrected chi connectivity index (χ1v) is 10.5. The van der Waals surface area contributed by atoms with Crippen LogP contribution in [0.4, 0.5) is 0 Å². The van der Waals surface area contributed by atoms with Crippen molar-refractivity contribution < 1.29 is 27.8 Å². The first-order chi connectivity index (χ1) is 16.6. The highest BCUT2D eigenvalue weighted by atomic mass is 16.5. The van der Waals surface area contributed by atoms with Gasteiger partial charge in [0.1, 0.15) is 23.7 Å². The number of methoxy groups -OCH3 is 2. The predicted molar refractivity (Wildman–Crippen MR) is 126 cm³/mol. The molecule has 5 rings (SSSR count). The molecule has 0 atom stereocenters. The normalized spacial score (nSPS) is 11.0. The molecule has 0 unspecified atom stereocenters. The second-order valence-electron chi connectivity index (χ2n) is 7.60. The Morgan fingerprint density at radius 2 is 1.74 bits per heavy atom. The molecule has 170 valence electrons. The molecule has 0 aliphatic carbocycles. The molecule has 0 saturated heterocycles. The molecule has 0 saturated carbocycles. The molecule has 0 spiro atoms. The maximum absolute atomic E-state index is 12.2. The van der Waals surface area contributed by atoms with E-state index in [0.29, 0.717) is 51.5 Å². The lowest BCUT2D eigenvalue weighted by Crippen LogP contribution is -2.02. The summed E-state index contributed by atoms with van der Waals surface area (Å²) in [6, 6.07) is 21.1. The quantitative estimate of drug-likeness (QED) is 0.243. The SMILES string of the molecule is COC(=O)c1ccc(COc2ccc3oc(=O)cc(-c4cc5cccc(OC)c5o4)c3c2)cc1. The molecule has 0 aliphatic heterocycles. The van der Waals surface area contributed by atoms with Crippen molar-refractivity contribution in [3.8, 4) is 22.8 Å².